The van der Waals surface area contributed by atoms with E-state index in [1.54, 1.807) is 30.1 Å². The number of nitrogens with one attached hydrogen (secondary N) is 2. The van der Waals surface area contributed by atoms with Crippen LogP contribution in [0.2, 0.25) is 0 Å². The van der Waals surface area contributed by atoms with E-state index in [9.17, 15) is 9.59 Å². The number of benzene rings is 2. The molecule has 5 rings (SSSR count). The number of carbonyl (C=O) groups is 2. The van der Waals surface area contributed by atoms with Gasteiger partial charge in [0.05, 0.1) is 25.3 Å². The number of amides is 2. The Labute approximate surface area is 239 Å². The molecular formula is C31H35N7O3. The van der Waals surface area contributed by atoms with E-state index in [-0.39, 0.29) is 23.7 Å². The first kappa shape index (κ1) is 27.9. The van der Waals surface area contributed by atoms with Crippen LogP contribution in [0.4, 0.5) is 11.6 Å². The zero-order valence-electron chi connectivity index (χ0n) is 23.6. The van der Waals surface area contributed by atoms with Gasteiger partial charge in [0.15, 0.2) is 5.82 Å². The van der Waals surface area contributed by atoms with E-state index >= 15 is 0 Å². The van der Waals surface area contributed by atoms with Crippen LogP contribution in [0.3, 0.4) is 0 Å². The fourth-order valence-electron chi connectivity index (χ4n) is 4.71. The summed E-state index contributed by atoms with van der Waals surface area (Å²) in [6.07, 6.45) is 1.58. The van der Waals surface area contributed by atoms with Crippen molar-refractivity contribution < 1.29 is 14.3 Å². The van der Waals surface area contributed by atoms with Gasteiger partial charge in [-0.25, -0.2) is 4.98 Å². The highest BCUT2D eigenvalue weighted by Gasteiger charge is 2.21. The highest BCUT2D eigenvalue weighted by molar-refractivity contribution is 6.04. The molecule has 0 bridgehead atoms. The number of methoxy groups -OCH3 is 1. The van der Waals surface area contributed by atoms with Crippen molar-refractivity contribution in [2.24, 2.45) is 0 Å². The van der Waals surface area contributed by atoms with E-state index in [0.717, 1.165) is 48.9 Å². The lowest BCUT2D eigenvalue weighted by Crippen LogP contribution is -2.44. The number of likely N-dealkylation sites (N-methyl/N-ethyl adjacent to an activating group) is 1. The maximum absolute atomic E-state index is 13.4. The number of piperazine rings is 1. The number of carbonyl (C=O) groups excluding carboxylic acids is 2. The highest BCUT2D eigenvalue weighted by atomic mass is 16.5. The van der Waals surface area contributed by atoms with Gasteiger partial charge in [0.25, 0.3) is 11.8 Å². The van der Waals surface area contributed by atoms with Crippen LogP contribution in [0.1, 0.15) is 44.9 Å². The first-order valence-corrected chi connectivity index (χ1v) is 13.7. The van der Waals surface area contributed by atoms with E-state index in [0.29, 0.717) is 17.8 Å². The number of hydrogen-bond donors (Lipinski definition) is 2. The minimum atomic E-state index is -0.346. The van der Waals surface area contributed by atoms with Gasteiger partial charge >= 0.3 is 0 Å². The summed E-state index contributed by atoms with van der Waals surface area (Å²) in [6.45, 7) is 6.01. The molecule has 0 radical (unpaired) electrons. The molecule has 10 heteroatoms. The normalized spacial score (nSPS) is 14.4. The van der Waals surface area contributed by atoms with Gasteiger partial charge in [-0.2, -0.15) is 5.10 Å². The lowest BCUT2D eigenvalue weighted by atomic mass is 10.1. The number of pyridine rings is 1. The average molecular weight is 554 g/mol. The van der Waals surface area contributed by atoms with Gasteiger partial charge in [-0.15, -0.1) is 0 Å². The maximum atomic E-state index is 13.4. The van der Waals surface area contributed by atoms with E-state index < -0.39 is 0 Å². The van der Waals surface area contributed by atoms with Gasteiger partial charge in [-0.05, 0) is 49.4 Å². The average Bonchev–Trinajstić information content (AvgIpc) is 3.40. The molecule has 1 aliphatic rings. The zero-order valence-corrected chi connectivity index (χ0v) is 23.6. The standard InChI is InChI=1S/C31H35N7O3/c1-22(24-7-5-4-6-8-24)33-31(40)27-19-28(35-38(27)21-23-9-12-26(41-3)13-10-23)34-30(39)25-11-14-29(32-20-25)37-17-15-36(2)16-18-37/h4-14,19-20,22H,15-18,21H2,1-3H3,(H,33,40)(H,34,35,39)/t22-/m1/s1. The van der Waals surface area contributed by atoms with Crippen molar-refractivity contribution in [1.82, 2.24) is 25.0 Å². The second kappa shape index (κ2) is 12.6. The molecule has 212 valence electrons. The molecule has 1 fully saturated rings. The Hall–Kier alpha value is -4.70. The molecule has 2 aromatic carbocycles. The Balaban J connectivity index is 1.33. The summed E-state index contributed by atoms with van der Waals surface area (Å²) in [5, 5.41) is 10.5. The van der Waals surface area contributed by atoms with Crippen LogP contribution in [0.15, 0.2) is 79.0 Å². The molecule has 2 amide bonds. The molecule has 1 aliphatic heterocycles. The van der Waals surface area contributed by atoms with Gasteiger partial charge in [0.1, 0.15) is 17.3 Å². The summed E-state index contributed by atoms with van der Waals surface area (Å²) in [5.41, 5.74) is 2.67. The fourth-order valence-corrected chi connectivity index (χ4v) is 4.71. The summed E-state index contributed by atoms with van der Waals surface area (Å²) >= 11 is 0. The second-order valence-corrected chi connectivity index (χ2v) is 10.2. The molecular weight excluding hydrogens is 518 g/mol. The first-order chi connectivity index (χ1) is 19.9. The van der Waals surface area contributed by atoms with E-state index in [1.165, 1.54) is 0 Å². The Bertz CT molecular complexity index is 1460. The summed E-state index contributed by atoms with van der Waals surface area (Å²) in [4.78, 5) is 35.5. The molecule has 41 heavy (non-hydrogen) atoms. The zero-order chi connectivity index (χ0) is 28.8. The van der Waals surface area contributed by atoms with Crippen molar-refractivity contribution in [2.45, 2.75) is 19.5 Å². The van der Waals surface area contributed by atoms with Crippen LogP contribution in [-0.4, -0.2) is 71.8 Å². The summed E-state index contributed by atoms with van der Waals surface area (Å²) in [7, 11) is 3.72. The lowest BCUT2D eigenvalue weighted by molar-refractivity contribution is 0.0928. The van der Waals surface area contributed by atoms with Crippen LogP contribution in [0.25, 0.3) is 0 Å². The van der Waals surface area contributed by atoms with Gasteiger partial charge in [-0.3, -0.25) is 14.3 Å². The van der Waals surface area contributed by atoms with Crippen molar-refractivity contribution >= 4 is 23.5 Å². The Kier molecular flexibility index (Phi) is 8.59. The van der Waals surface area contributed by atoms with Gasteiger partial charge < -0.3 is 25.2 Å². The minimum absolute atomic E-state index is 0.212. The molecule has 10 nitrogen and oxygen atoms in total. The molecule has 0 saturated carbocycles. The number of ether oxygens (including phenoxy) is 1. The molecule has 0 aliphatic carbocycles. The lowest BCUT2D eigenvalue weighted by Gasteiger charge is -2.33. The predicted octanol–water partition coefficient (Wildman–Crippen LogP) is 3.83. The smallest absolute Gasteiger partial charge is 0.270 e. The fraction of sp³-hybridized carbons (Fsp3) is 0.290. The summed E-state index contributed by atoms with van der Waals surface area (Å²) in [6, 6.07) is 22.3. The van der Waals surface area contributed by atoms with Crippen LogP contribution < -0.4 is 20.3 Å². The monoisotopic (exact) mass is 553 g/mol. The summed E-state index contributed by atoms with van der Waals surface area (Å²) in [5.74, 6) is 1.24. The van der Waals surface area contributed by atoms with Crippen molar-refractivity contribution in [1.29, 1.82) is 0 Å². The molecule has 3 heterocycles. The molecule has 0 spiro atoms. The van der Waals surface area contributed by atoms with Crippen LogP contribution >= 0.6 is 0 Å². The topological polar surface area (TPSA) is 105 Å². The molecule has 2 N–H and O–H groups in total. The first-order valence-electron chi connectivity index (χ1n) is 13.7. The number of aromatic nitrogens is 3. The van der Waals surface area contributed by atoms with Crippen molar-refractivity contribution in [3.8, 4) is 5.75 Å². The van der Waals surface area contributed by atoms with Gasteiger partial charge in [0, 0.05) is 38.4 Å². The Morgan fingerprint density at radius 2 is 1.68 bits per heavy atom. The molecule has 1 saturated heterocycles. The third-order valence-electron chi connectivity index (χ3n) is 7.23. The van der Waals surface area contributed by atoms with Crippen LogP contribution in [-0.2, 0) is 6.54 Å². The quantitative estimate of drug-likeness (QED) is 0.325. The Morgan fingerprint density at radius 3 is 2.34 bits per heavy atom. The van der Waals surface area contributed by atoms with Crippen LogP contribution in [0.5, 0.6) is 5.75 Å². The third-order valence-corrected chi connectivity index (χ3v) is 7.23. The number of nitrogens with zero attached hydrogens (tertiary/aromatic N) is 5. The molecule has 2 aromatic heterocycles. The highest BCUT2D eigenvalue weighted by Crippen LogP contribution is 2.19. The van der Waals surface area contributed by atoms with Gasteiger partial charge in [-0.1, -0.05) is 42.5 Å². The summed E-state index contributed by atoms with van der Waals surface area (Å²) < 4.78 is 6.86. The predicted molar refractivity (Wildman–Crippen MR) is 159 cm³/mol. The maximum Gasteiger partial charge on any atom is 0.270 e. The van der Waals surface area contributed by atoms with Crippen molar-refractivity contribution in [2.75, 3.05) is 50.6 Å². The second-order valence-electron chi connectivity index (χ2n) is 10.2. The Morgan fingerprint density at radius 1 is 0.951 bits per heavy atom. The van der Waals surface area contributed by atoms with E-state index in [2.05, 4.69) is 37.6 Å². The number of rotatable bonds is 9. The minimum Gasteiger partial charge on any atom is -0.497 e. The number of anilines is 2. The van der Waals surface area contributed by atoms with Crippen molar-refractivity contribution in [3.05, 3.63) is 101 Å². The van der Waals surface area contributed by atoms with E-state index in [1.807, 2.05) is 67.6 Å². The number of hydrogen-bond acceptors (Lipinski definition) is 7. The molecule has 0 unspecified atom stereocenters. The van der Waals surface area contributed by atoms with Crippen molar-refractivity contribution in [3.63, 3.8) is 0 Å². The largest absolute Gasteiger partial charge is 0.497 e. The SMILES string of the molecule is COc1ccc(Cn2nc(NC(=O)c3ccc(N4CCN(C)CC4)nc3)cc2C(=O)N[C@H](C)c2ccccc2)cc1. The van der Waals surface area contributed by atoms with E-state index in [4.69, 9.17) is 4.74 Å². The van der Waals surface area contributed by atoms with Gasteiger partial charge in [0.2, 0.25) is 0 Å². The molecule has 1 atom stereocenters. The molecule has 4 aromatic rings. The third kappa shape index (κ3) is 6.90. The van der Waals surface area contributed by atoms with Crippen LogP contribution in [0, 0.1) is 0 Å².